The van der Waals surface area contributed by atoms with Crippen molar-refractivity contribution in [3.8, 4) is 5.75 Å². The van der Waals surface area contributed by atoms with Crippen LogP contribution in [0.5, 0.6) is 5.75 Å². The minimum atomic E-state index is -1.17. The van der Waals surface area contributed by atoms with Gasteiger partial charge in [-0.15, -0.1) is 0 Å². The van der Waals surface area contributed by atoms with E-state index in [9.17, 15) is 9.90 Å². The van der Waals surface area contributed by atoms with Gasteiger partial charge in [-0.2, -0.15) is 5.10 Å². The van der Waals surface area contributed by atoms with Gasteiger partial charge in [0, 0.05) is 12.0 Å². The van der Waals surface area contributed by atoms with Crippen LogP contribution in [0.2, 0.25) is 0 Å². The van der Waals surface area contributed by atoms with Crippen molar-refractivity contribution in [1.82, 2.24) is 9.78 Å². The molecule has 2 heterocycles. The Balaban J connectivity index is 1.83. The van der Waals surface area contributed by atoms with Crippen LogP contribution in [0.25, 0.3) is 0 Å². The molecule has 2 atom stereocenters. The van der Waals surface area contributed by atoms with Crippen molar-refractivity contribution < 1.29 is 24.1 Å². The molecule has 1 aliphatic heterocycles. The predicted octanol–water partition coefficient (Wildman–Crippen LogP) is 1.05. The lowest BCUT2D eigenvalue weighted by Crippen LogP contribution is -2.34. The quantitative estimate of drug-likeness (QED) is 0.848. The normalized spacial score (nSPS) is 20.0. The van der Waals surface area contributed by atoms with E-state index in [2.05, 4.69) is 5.10 Å². The van der Waals surface area contributed by atoms with Crippen LogP contribution < -0.4 is 4.74 Å². The molecule has 3 rings (SSSR count). The molecule has 7 heteroatoms. The maximum absolute atomic E-state index is 11.7. The summed E-state index contributed by atoms with van der Waals surface area (Å²) in [6.45, 7) is 0.528. The smallest absolute Gasteiger partial charge is 0.335 e. The number of nitrogens with zero attached hydrogens (tertiary/aromatic N) is 2. The van der Waals surface area contributed by atoms with Crippen molar-refractivity contribution in [3.63, 3.8) is 0 Å². The minimum Gasteiger partial charge on any atom is -0.497 e. The minimum absolute atomic E-state index is 0.315. The van der Waals surface area contributed by atoms with Gasteiger partial charge in [-0.25, -0.2) is 4.79 Å². The molecule has 0 amide bonds. The molecule has 0 radical (unpaired) electrons. The Morgan fingerprint density at radius 3 is 2.78 bits per heavy atom. The molecule has 1 aliphatic rings. The first-order valence-electron chi connectivity index (χ1n) is 7.21. The van der Waals surface area contributed by atoms with Crippen LogP contribution in [0.3, 0.4) is 0 Å². The third-order valence-electron chi connectivity index (χ3n) is 3.87. The van der Waals surface area contributed by atoms with E-state index in [0.717, 1.165) is 17.0 Å². The first kappa shape index (κ1) is 15.5. The molecule has 1 aromatic heterocycles. The van der Waals surface area contributed by atoms with E-state index < -0.39 is 18.4 Å². The third-order valence-corrected chi connectivity index (χ3v) is 3.87. The van der Waals surface area contributed by atoms with E-state index in [-0.39, 0.29) is 0 Å². The summed E-state index contributed by atoms with van der Waals surface area (Å²) < 4.78 is 16.9. The second-order valence-electron chi connectivity index (χ2n) is 5.26. The molecule has 0 saturated carbocycles. The number of hydrogen-bond donors (Lipinski definition) is 1. The summed E-state index contributed by atoms with van der Waals surface area (Å²) in [4.78, 5) is 11.7. The lowest BCUT2D eigenvalue weighted by atomic mass is 10.1. The molecular formula is C16H18N2O5. The molecule has 23 heavy (non-hydrogen) atoms. The third kappa shape index (κ3) is 3.06. The van der Waals surface area contributed by atoms with Crippen LogP contribution in [0.1, 0.15) is 23.1 Å². The van der Waals surface area contributed by atoms with Gasteiger partial charge in [0.2, 0.25) is 0 Å². The van der Waals surface area contributed by atoms with Crippen LogP contribution in [0.4, 0.5) is 0 Å². The van der Waals surface area contributed by atoms with Crippen LogP contribution in [-0.4, -0.2) is 41.2 Å². The number of aliphatic hydroxyl groups is 1. The van der Waals surface area contributed by atoms with Crippen molar-refractivity contribution in [2.75, 3.05) is 14.2 Å². The summed E-state index contributed by atoms with van der Waals surface area (Å²) in [6.07, 6.45) is -0.118. The highest BCUT2D eigenvalue weighted by atomic mass is 16.6. The highest BCUT2D eigenvalue weighted by Gasteiger charge is 2.34. The van der Waals surface area contributed by atoms with Gasteiger partial charge in [0.15, 0.2) is 12.4 Å². The molecule has 0 fully saturated rings. The zero-order chi connectivity index (χ0) is 16.4. The summed E-state index contributed by atoms with van der Waals surface area (Å²) in [6, 6.07) is 7.64. The average molecular weight is 318 g/mol. The zero-order valence-corrected chi connectivity index (χ0v) is 12.9. The summed E-state index contributed by atoms with van der Waals surface area (Å²) in [5.41, 5.74) is 2.39. The van der Waals surface area contributed by atoms with Gasteiger partial charge in [-0.1, -0.05) is 12.1 Å². The molecular weight excluding hydrogens is 300 g/mol. The number of aliphatic hydroxyl groups excluding tert-OH is 1. The molecule has 1 N–H and O–H groups in total. The van der Waals surface area contributed by atoms with Gasteiger partial charge >= 0.3 is 5.97 Å². The fourth-order valence-electron chi connectivity index (χ4n) is 2.62. The lowest BCUT2D eigenvalue weighted by molar-refractivity contribution is -0.184. The number of rotatable bonds is 4. The Bertz CT molecular complexity index is 695. The first-order valence-corrected chi connectivity index (χ1v) is 7.21. The fraction of sp³-hybridized carbons (Fsp3) is 0.375. The summed E-state index contributed by atoms with van der Waals surface area (Å²) >= 11 is 0. The number of ether oxygens (including phenoxy) is 3. The van der Waals surface area contributed by atoms with Crippen molar-refractivity contribution in [2.24, 2.45) is 0 Å². The SMILES string of the molecule is COC(=O)C1Cc2c(cnn2Cc2ccc(OC)cc2)C(O)O1. The number of carbonyl (C=O) groups excluding carboxylic acids is 1. The van der Waals surface area contributed by atoms with E-state index in [0.29, 0.717) is 18.5 Å². The molecule has 2 aromatic rings. The van der Waals surface area contributed by atoms with Crippen molar-refractivity contribution in [1.29, 1.82) is 0 Å². The van der Waals surface area contributed by atoms with E-state index in [1.54, 1.807) is 18.0 Å². The van der Waals surface area contributed by atoms with Crippen LogP contribution >= 0.6 is 0 Å². The topological polar surface area (TPSA) is 82.8 Å². The van der Waals surface area contributed by atoms with Gasteiger partial charge in [0.05, 0.1) is 32.7 Å². The molecule has 7 nitrogen and oxygen atoms in total. The standard InChI is InChI=1S/C16H18N2O5/c1-21-11-5-3-10(4-6-11)9-18-13-7-14(16(20)22-2)23-15(19)12(13)8-17-18/h3-6,8,14-15,19H,7,9H2,1-2H3. The van der Waals surface area contributed by atoms with Crippen molar-refractivity contribution in [3.05, 3.63) is 47.3 Å². The van der Waals surface area contributed by atoms with Crippen molar-refractivity contribution >= 4 is 5.97 Å². The number of hydrogen-bond acceptors (Lipinski definition) is 6. The largest absolute Gasteiger partial charge is 0.497 e. The van der Waals surface area contributed by atoms with E-state index in [4.69, 9.17) is 14.2 Å². The molecule has 0 saturated heterocycles. The van der Waals surface area contributed by atoms with Crippen LogP contribution in [0, 0.1) is 0 Å². The average Bonchev–Trinajstić information content (AvgIpc) is 2.98. The Kier molecular flexibility index (Phi) is 4.31. The number of benzene rings is 1. The van der Waals surface area contributed by atoms with Crippen LogP contribution in [-0.2, 0) is 27.2 Å². The summed E-state index contributed by atoms with van der Waals surface area (Å²) in [7, 11) is 2.91. The molecule has 1 aromatic carbocycles. The van der Waals surface area contributed by atoms with E-state index in [1.165, 1.54) is 7.11 Å². The number of esters is 1. The van der Waals surface area contributed by atoms with Gasteiger partial charge in [0.1, 0.15) is 5.75 Å². The molecule has 2 unspecified atom stereocenters. The number of aromatic nitrogens is 2. The monoisotopic (exact) mass is 318 g/mol. The first-order chi connectivity index (χ1) is 11.1. The fourth-order valence-corrected chi connectivity index (χ4v) is 2.62. The predicted molar refractivity (Wildman–Crippen MR) is 79.9 cm³/mol. The molecule has 0 spiro atoms. The molecule has 0 bridgehead atoms. The Hall–Kier alpha value is -2.38. The second kappa shape index (κ2) is 6.39. The van der Waals surface area contributed by atoms with Crippen LogP contribution in [0.15, 0.2) is 30.5 Å². The van der Waals surface area contributed by atoms with E-state index in [1.807, 2.05) is 24.3 Å². The van der Waals surface area contributed by atoms with E-state index >= 15 is 0 Å². The highest BCUT2D eigenvalue weighted by molar-refractivity contribution is 5.75. The number of fused-ring (bicyclic) bond motifs is 1. The summed E-state index contributed by atoms with van der Waals surface area (Å²) in [5.74, 6) is 0.276. The van der Waals surface area contributed by atoms with Gasteiger partial charge in [-0.3, -0.25) is 4.68 Å². The maximum Gasteiger partial charge on any atom is 0.335 e. The van der Waals surface area contributed by atoms with Gasteiger partial charge in [-0.05, 0) is 17.7 Å². The Morgan fingerprint density at radius 2 is 2.13 bits per heavy atom. The molecule has 122 valence electrons. The number of methoxy groups -OCH3 is 2. The van der Waals surface area contributed by atoms with Gasteiger partial charge in [0.25, 0.3) is 0 Å². The Labute approximate surface area is 133 Å². The Morgan fingerprint density at radius 1 is 1.39 bits per heavy atom. The maximum atomic E-state index is 11.7. The van der Waals surface area contributed by atoms with Gasteiger partial charge < -0.3 is 19.3 Å². The lowest BCUT2D eigenvalue weighted by Gasteiger charge is -2.25. The zero-order valence-electron chi connectivity index (χ0n) is 12.9. The molecule has 0 aliphatic carbocycles. The van der Waals surface area contributed by atoms with Crippen molar-refractivity contribution in [2.45, 2.75) is 25.4 Å². The summed E-state index contributed by atoms with van der Waals surface area (Å²) in [5, 5.41) is 14.3. The highest BCUT2D eigenvalue weighted by Crippen LogP contribution is 2.29. The second-order valence-corrected chi connectivity index (χ2v) is 5.26. The number of carbonyl (C=O) groups is 1.